The third-order valence-electron chi connectivity index (χ3n) is 2.47. The van der Waals surface area contributed by atoms with Crippen molar-refractivity contribution in [1.29, 1.82) is 0 Å². The molecule has 1 aromatic carbocycles. The lowest BCUT2D eigenvalue weighted by molar-refractivity contribution is 0.482. The summed E-state index contributed by atoms with van der Waals surface area (Å²) in [4.78, 5) is 3.19. The van der Waals surface area contributed by atoms with Crippen LogP contribution >= 0.6 is 0 Å². The summed E-state index contributed by atoms with van der Waals surface area (Å²) in [5.41, 5.74) is 3.01. The molecule has 1 aromatic heterocycles. The lowest BCUT2D eigenvalue weighted by Gasteiger charge is -1.99. The molecule has 16 heavy (non-hydrogen) atoms. The smallest absolute Gasteiger partial charge is 0.265 e. The molecule has 2 N–H and O–H groups in total. The highest BCUT2D eigenvalue weighted by atomic mass is 32.2. The van der Waals surface area contributed by atoms with Crippen LogP contribution in [-0.4, -0.2) is 23.7 Å². The van der Waals surface area contributed by atoms with Gasteiger partial charge < -0.3 is 4.98 Å². The molecule has 0 spiro atoms. The van der Waals surface area contributed by atoms with Crippen molar-refractivity contribution in [2.45, 2.75) is 13.3 Å². The van der Waals surface area contributed by atoms with Crippen molar-refractivity contribution in [2.24, 2.45) is 0 Å². The number of nitrogens with one attached hydrogen (secondary N) is 1. The molecule has 0 saturated heterocycles. The third kappa shape index (κ3) is 2.62. The summed E-state index contributed by atoms with van der Waals surface area (Å²) in [7, 11) is -3.88. The molecular weight excluding hydrogens is 226 g/mol. The van der Waals surface area contributed by atoms with Crippen molar-refractivity contribution in [3.8, 4) is 0 Å². The lowest BCUT2D eigenvalue weighted by atomic mass is 10.1. The Morgan fingerprint density at radius 2 is 2.06 bits per heavy atom. The van der Waals surface area contributed by atoms with Gasteiger partial charge in [0.1, 0.15) is 0 Å². The Kier molecular flexibility index (Phi) is 2.73. The van der Waals surface area contributed by atoms with Gasteiger partial charge in [0.2, 0.25) is 0 Å². The zero-order valence-corrected chi connectivity index (χ0v) is 9.71. The van der Waals surface area contributed by atoms with Gasteiger partial charge in [-0.3, -0.25) is 4.55 Å². The molecule has 0 unspecified atom stereocenters. The molecule has 5 heteroatoms. The van der Waals surface area contributed by atoms with Crippen molar-refractivity contribution < 1.29 is 13.0 Å². The maximum atomic E-state index is 10.6. The number of hydrogen-bond donors (Lipinski definition) is 2. The highest BCUT2D eigenvalue weighted by Gasteiger charge is 2.06. The first-order valence-corrected chi connectivity index (χ1v) is 6.58. The number of aryl methyl sites for hydroxylation is 2. The molecule has 0 saturated carbocycles. The summed E-state index contributed by atoms with van der Waals surface area (Å²) in [6, 6.07) is 7.72. The summed E-state index contributed by atoms with van der Waals surface area (Å²) in [5, 5.41) is 1.06. The molecule has 4 nitrogen and oxygen atoms in total. The third-order valence-corrected chi connectivity index (χ3v) is 3.19. The number of fused-ring (bicyclic) bond motifs is 1. The monoisotopic (exact) mass is 239 g/mol. The van der Waals surface area contributed by atoms with Gasteiger partial charge in [-0.15, -0.1) is 0 Å². The maximum absolute atomic E-state index is 10.6. The summed E-state index contributed by atoms with van der Waals surface area (Å²) in [6.45, 7) is 1.97. The van der Waals surface area contributed by atoms with E-state index in [-0.39, 0.29) is 5.75 Å². The van der Waals surface area contributed by atoms with Gasteiger partial charge in [-0.2, -0.15) is 8.42 Å². The van der Waals surface area contributed by atoms with Crippen molar-refractivity contribution in [2.75, 3.05) is 5.75 Å². The van der Waals surface area contributed by atoms with E-state index in [1.165, 1.54) is 0 Å². The Balaban J connectivity index is 2.25. The second-order valence-electron chi connectivity index (χ2n) is 3.91. The van der Waals surface area contributed by atoms with Gasteiger partial charge >= 0.3 is 0 Å². The van der Waals surface area contributed by atoms with Gasteiger partial charge in [0, 0.05) is 11.2 Å². The van der Waals surface area contributed by atoms with Crippen LogP contribution < -0.4 is 0 Å². The zero-order valence-electron chi connectivity index (χ0n) is 8.90. The Labute approximate surface area is 94.0 Å². The van der Waals surface area contributed by atoms with Crippen molar-refractivity contribution in [3.05, 3.63) is 35.5 Å². The fraction of sp³-hybridized carbons (Fsp3) is 0.273. The summed E-state index contributed by atoms with van der Waals surface area (Å²) >= 11 is 0. The van der Waals surface area contributed by atoms with Gasteiger partial charge in [-0.05, 0) is 42.5 Å². The SMILES string of the molecule is Cc1cc2cc(CCS(=O)(=O)O)ccc2[nH]1. The normalized spacial score (nSPS) is 12.1. The van der Waals surface area contributed by atoms with Crippen LogP contribution in [0.3, 0.4) is 0 Å². The van der Waals surface area contributed by atoms with Crippen LogP contribution in [-0.2, 0) is 16.5 Å². The first-order valence-electron chi connectivity index (χ1n) is 4.97. The van der Waals surface area contributed by atoms with E-state index >= 15 is 0 Å². The van der Waals surface area contributed by atoms with Gasteiger partial charge in [0.15, 0.2) is 0 Å². The first-order chi connectivity index (χ1) is 7.44. The predicted octanol–water partition coefficient (Wildman–Crippen LogP) is 1.91. The van der Waals surface area contributed by atoms with Crippen LogP contribution in [0.15, 0.2) is 24.3 Å². The van der Waals surface area contributed by atoms with E-state index in [0.717, 1.165) is 22.2 Å². The Bertz CT molecular complexity index is 613. The molecule has 0 radical (unpaired) electrons. The number of aromatic amines is 1. The second-order valence-corrected chi connectivity index (χ2v) is 5.48. The molecule has 0 bridgehead atoms. The molecule has 0 atom stereocenters. The maximum Gasteiger partial charge on any atom is 0.265 e. The van der Waals surface area contributed by atoms with E-state index in [2.05, 4.69) is 4.98 Å². The van der Waals surface area contributed by atoms with Crippen LogP contribution in [0.5, 0.6) is 0 Å². The van der Waals surface area contributed by atoms with Crippen molar-refractivity contribution >= 4 is 21.0 Å². The van der Waals surface area contributed by atoms with Crippen LogP contribution in [0, 0.1) is 6.92 Å². The summed E-state index contributed by atoms with van der Waals surface area (Å²) in [5.74, 6) is -0.234. The Morgan fingerprint density at radius 3 is 2.75 bits per heavy atom. The molecule has 86 valence electrons. The van der Waals surface area contributed by atoms with Gasteiger partial charge in [0.05, 0.1) is 5.75 Å². The molecule has 2 rings (SSSR count). The highest BCUT2D eigenvalue weighted by Crippen LogP contribution is 2.17. The molecule has 0 aliphatic heterocycles. The second kappa shape index (κ2) is 3.92. The Hall–Kier alpha value is -1.33. The zero-order chi connectivity index (χ0) is 11.8. The van der Waals surface area contributed by atoms with Gasteiger partial charge in [-0.25, -0.2) is 0 Å². The minimum atomic E-state index is -3.88. The first kappa shape index (κ1) is 11.2. The van der Waals surface area contributed by atoms with E-state index in [9.17, 15) is 8.42 Å². The number of hydrogen-bond acceptors (Lipinski definition) is 2. The van der Waals surface area contributed by atoms with Gasteiger partial charge in [0.25, 0.3) is 10.1 Å². The molecule has 2 aromatic rings. The lowest BCUT2D eigenvalue weighted by Crippen LogP contribution is -2.06. The molecule has 0 aliphatic carbocycles. The molecule has 0 fully saturated rings. The molecular formula is C11H13NO3S. The largest absolute Gasteiger partial charge is 0.359 e. The topological polar surface area (TPSA) is 70.2 Å². The average Bonchev–Trinajstić information content (AvgIpc) is 2.52. The number of benzene rings is 1. The van der Waals surface area contributed by atoms with Crippen molar-refractivity contribution in [3.63, 3.8) is 0 Å². The van der Waals surface area contributed by atoms with Crippen molar-refractivity contribution in [1.82, 2.24) is 4.98 Å². The molecule has 0 aliphatic rings. The van der Waals surface area contributed by atoms with E-state index in [1.807, 2.05) is 31.2 Å². The quantitative estimate of drug-likeness (QED) is 0.804. The highest BCUT2D eigenvalue weighted by molar-refractivity contribution is 7.85. The van der Waals surface area contributed by atoms with E-state index in [4.69, 9.17) is 4.55 Å². The van der Waals surface area contributed by atoms with Crippen LogP contribution in [0.2, 0.25) is 0 Å². The minimum absolute atomic E-state index is 0.234. The van der Waals surface area contributed by atoms with E-state index in [0.29, 0.717) is 6.42 Å². The minimum Gasteiger partial charge on any atom is -0.359 e. The van der Waals surface area contributed by atoms with Crippen LogP contribution in [0.4, 0.5) is 0 Å². The van der Waals surface area contributed by atoms with E-state index in [1.54, 1.807) is 0 Å². The van der Waals surface area contributed by atoms with Crippen LogP contribution in [0.25, 0.3) is 10.9 Å². The van der Waals surface area contributed by atoms with Gasteiger partial charge in [-0.1, -0.05) is 6.07 Å². The standard InChI is InChI=1S/C11H13NO3S/c1-8-6-10-7-9(2-3-11(10)12-8)4-5-16(13,14)15/h2-3,6-7,12H,4-5H2,1H3,(H,13,14,15). The molecule has 1 heterocycles. The van der Waals surface area contributed by atoms with Crippen LogP contribution in [0.1, 0.15) is 11.3 Å². The summed E-state index contributed by atoms with van der Waals surface area (Å²) in [6.07, 6.45) is 0.332. The predicted molar refractivity (Wildman–Crippen MR) is 63.2 cm³/mol. The summed E-state index contributed by atoms with van der Waals surface area (Å²) < 4.78 is 29.9. The molecule has 0 amide bonds. The number of H-pyrrole nitrogens is 1. The Morgan fingerprint density at radius 1 is 1.31 bits per heavy atom. The fourth-order valence-corrected chi connectivity index (χ4v) is 2.22. The fourth-order valence-electron chi connectivity index (χ4n) is 1.73. The number of rotatable bonds is 3. The average molecular weight is 239 g/mol. The number of aromatic nitrogens is 1. The van der Waals surface area contributed by atoms with E-state index < -0.39 is 10.1 Å².